The summed E-state index contributed by atoms with van der Waals surface area (Å²) < 4.78 is 11.4. The lowest BCUT2D eigenvalue weighted by Gasteiger charge is -2.30. The average Bonchev–Trinajstić information content (AvgIpc) is 3.19. The molecular weight excluding hydrogens is 478 g/mol. The van der Waals surface area contributed by atoms with Crippen LogP contribution in [0.2, 0.25) is 0 Å². The highest BCUT2D eigenvalue weighted by molar-refractivity contribution is 5.88. The number of aliphatic hydroxyl groups excluding tert-OH is 2. The number of carboxylic acids is 1. The van der Waals surface area contributed by atoms with Gasteiger partial charge < -0.3 is 30.1 Å². The van der Waals surface area contributed by atoms with E-state index in [-0.39, 0.29) is 25.1 Å². The van der Waals surface area contributed by atoms with Gasteiger partial charge in [-0.25, -0.2) is 4.79 Å². The number of aliphatic hydroxyl groups is 2. The first-order valence-electron chi connectivity index (χ1n) is 12.4. The molecule has 3 rings (SSSR count). The summed E-state index contributed by atoms with van der Waals surface area (Å²) >= 11 is 0. The molecule has 2 aliphatic rings. The van der Waals surface area contributed by atoms with Crippen molar-refractivity contribution in [2.45, 2.75) is 50.9 Å². The monoisotopic (exact) mass is 513 g/mol. The third-order valence-corrected chi connectivity index (χ3v) is 6.82. The molecule has 1 fully saturated rings. The van der Waals surface area contributed by atoms with Gasteiger partial charge in [0.2, 0.25) is 0 Å². The fraction of sp³-hybridized carbons (Fsp3) is 0.464. The number of carbonyl (C=O) groups excluding carboxylic acids is 2. The quantitative estimate of drug-likeness (QED) is 0.210. The molecule has 0 saturated carbocycles. The summed E-state index contributed by atoms with van der Waals surface area (Å²) in [6.07, 6.45) is 3.92. The van der Waals surface area contributed by atoms with Gasteiger partial charge in [0.05, 0.1) is 30.6 Å². The molecule has 1 aliphatic carbocycles. The molecule has 0 unspecified atom stereocenters. The molecule has 1 heterocycles. The number of nitrogens with one attached hydrogen (secondary N) is 1. The normalized spacial score (nSPS) is 27.5. The molecule has 4 N–H and O–H groups in total. The van der Waals surface area contributed by atoms with Gasteiger partial charge >= 0.3 is 17.9 Å². The molecule has 9 nitrogen and oxygen atoms in total. The molecule has 0 spiro atoms. The number of hydrogen-bond acceptors (Lipinski definition) is 8. The molecule has 1 aromatic carbocycles. The molecule has 5 atom stereocenters. The highest BCUT2D eigenvalue weighted by Gasteiger charge is 2.49. The van der Waals surface area contributed by atoms with Crippen LogP contribution in [0, 0.1) is 11.8 Å². The molecule has 0 aromatic heterocycles. The van der Waals surface area contributed by atoms with Crippen molar-refractivity contribution in [3.63, 3.8) is 0 Å². The fourth-order valence-electron chi connectivity index (χ4n) is 4.78. The zero-order chi connectivity index (χ0) is 26.9. The Kier molecular flexibility index (Phi) is 10.2. The van der Waals surface area contributed by atoms with Crippen LogP contribution in [-0.2, 0) is 30.3 Å². The Labute approximate surface area is 216 Å². The molecule has 1 saturated heterocycles. The van der Waals surface area contributed by atoms with Crippen molar-refractivity contribution in [1.29, 1.82) is 0 Å². The third kappa shape index (κ3) is 7.61. The molecule has 1 aliphatic heterocycles. The average molecular weight is 514 g/mol. The van der Waals surface area contributed by atoms with Crippen LogP contribution >= 0.6 is 0 Å². The smallest absolute Gasteiger partial charge is 0.336 e. The Hall–Kier alpha value is -3.27. The summed E-state index contributed by atoms with van der Waals surface area (Å²) in [6.45, 7) is 4.65. The molecule has 9 heteroatoms. The van der Waals surface area contributed by atoms with Crippen LogP contribution in [0.4, 0.5) is 0 Å². The van der Waals surface area contributed by atoms with Gasteiger partial charge in [0.1, 0.15) is 18.2 Å². The van der Waals surface area contributed by atoms with Crippen LogP contribution in [0.25, 0.3) is 0 Å². The number of hydrogen-bond donors (Lipinski definition) is 4. The minimum absolute atomic E-state index is 0.0101. The van der Waals surface area contributed by atoms with Gasteiger partial charge in [-0.2, -0.15) is 0 Å². The van der Waals surface area contributed by atoms with E-state index in [1.54, 1.807) is 6.08 Å². The Morgan fingerprint density at radius 1 is 1.24 bits per heavy atom. The van der Waals surface area contributed by atoms with Crippen LogP contribution < -0.4 is 5.32 Å². The van der Waals surface area contributed by atoms with E-state index in [1.165, 1.54) is 0 Å². The summed E-state index contributed by atoms with van der Waals surface area (Å²) in [4.78, 5) is 37.6. The van der Waals surface area contributed by atoms with Crippen LogP contribution in [0.3, 0.4) is 0 Å². The summed E-state index contributed by atoms with van der Waals surface area (Å²) in [5, 5.41) is 32.0. The van der Waals surface area contributed by atoms with Crippen LogP contribution in [-0.4, -0.2) is 71.2 Å². The van der Waals surface area contributed by atoms with Crippen molar-refractivity contribution < 1.29 is 39.2 Å². The Balaban J connectivity index is 1.90. The van der Waals surface area contributed by atoms with Crippen molar-refractivity contribution >= 4 is 17.9 Å². The predicted octanol–water partition coefficient (Wildman–Crippen LogP) is 1.94. The lowest BCUT2D eigenvalue weighted by Crippen LogP contribution is -2.45. The molecule has 200 valence electrons. The Bertz CT molecular complexity index is 1050. The summed E-state index contributed by atoms with van der Waals surface area (Å²) in [5.74, 6) is -3.83. The van der Waals surface area contributed by atoms with Crippen molar-refractivity contribution in [1.82, 2.24) is 5.32 Å². The van der Waals surface area contributed by atoms with E-state index < -0.39 is 54.6 Å². The molecule has 0 amide bonds. The van der Waals surface area contributed by atoms with Crippen molar-refractivity contribution in [3.05, 3.63) is 71.3 Å². The second kappa shape index (κ2) is 13.3. The maximum Gasteiger partial charge on any atom is 0.336 e. The molecule has 37 heavy (non-hydrogen) atoms. The molecule has 0 bridgehead atoms. The highest BCUT2D eigenvalue weighted by Crippen LogP contribution is 2.37. The van der Waals surface area contributed by atoms with Crippen molar-refractivity contribution in [3.8, 4) is 0 Å². The van der Waals surface area contributed by atoms with E-state index >= 15 is 0 Å². The topological polar surface area (TPSA) is 142 Å². The maximum absolute atomic E-state index is 13.1. The van der Waals surface area contributed by atoms with Crippen molar-refractivity contribution in [2.75, 3.05) is 19.8 Å². The number of esters is 2. The second-order valence-corrected chi connectivity index (χ2v) is 9.56. The first kappa shape index (κ1) is 28.3. The summed E-state index contributed by atoms with van der Waals surface area (Å²) in [6, 6.07) is 8.21. The number of benzene rings is 1. The molecular formula is C28H35NO8. The van der Waals surface area contributed by atoms with Gasteiger partial charge in [-0.1, -0.05) is 48.6 Å². The van der Waals surface area contributed by atoms with Gasteiger partial charge in [-0.3, -0.25) is 9.59 Å². The molecule has 0 radical (unpaired) electrons. The van der Waals surface area contributed by atoms with E-state index in [4.69, 9.17) is 9.47 Å². The first-order chi connectivity index (χ1) is 17.7. The summed E-state index contributed by atoms with van der Waals surface area (Å²) in [5.41, 5.74) is 2.35. The Morgan fingerprint density at radius 2 is 1.97 bits per heavy atom. The van der Waals surface area contributed by atoms with E-state index in [0.29, 0.717) is 24.8 Å². The predicted molar refractivity (Wildman–Crippen MR) is 135 cm³/mol. The van der Waals surface area contributed by atoms with Gasteiger partial charge in [-0.05, 0) is 43.4 Å². The van der Waals surface area contributed by atoms with E-state index in [0.717, 1.165) is 11.1 Å². The van der Waals surface area contributed by atoms with Crippen LogP contribution in [0.15, 0.2) is 65.8 Å². The minimum atomic E-state index is -1.05. The van der Waals surface area contributed by atoms with Crippen LogP contribution in [0.5, 0.6) is 0 Å². The van der Waals surface area contributed by atoms with Crippen molar-refractivity contribution in [2.24, 2.45) is 11.8 Å². The summed E-state index contributed by atoms with van der Waals surface area (Å²) in [7, 11) is 0. The van der Waals surface area contributed by atoms with Crippen LogP contribution in [0.1, 0.15) is 31.7 Å². The van der Waals surface area contributed by atoms with Gasteiger partial charge in [-0.15, -0.1) is 0 Å². The van der Waals surface area contributed by atoms with Gasteiger partial charge in [0.15, 0.2) is 0 Å². The zero-order valence-electron chi connectivity index (χ0n) is 21.0. The Morgan fingerprint density at radius 3 is 2.62 bits per heavy atom. The number of ether oxygens (including phenoxy) is 2. The fourth-order valence-corrected chi connectivity index (χ4v) is 4.78. The maximum atomic E-state index is 13.1. The lowest BCUT2D eigenvalue weighted by molar-refractivity contribution is -0.149. The molecule has 1 aromatic rings. The third-order valence-electron chi connectivity index (χ3n) is 6.82. The number of allylic oxidation sites excluding steroid dienone is 1. The standard InChI is InChI=1S/C28H35NO8/c1-17-7-6-10-20(16-31)13-24-25(23(11-17)36-27(34)18(2)15-30)21(28(35)37-24)14-29-22(26(32)33)12-19-8-4-3-5-9-19/h3-5,7-9,13,21-25,29-31H,2,6,10-12,14-16H2,1H3,(H,32,33)/b17-7+,20-13-/t21-,22+,23-,24+,25+/m0/s1. The first-order valence-corrected chi connectivity index (χ1v) is 12.4. The minimum Gasteiger partial charge on any atom is -0.480 e. The zero-order valence-corrected chi connectivity index (χ0v) is 21.0. The van der Waals surface area contributed by atoms with Gasteiger partial charge in [0, 0.05) is 13.0 Å². The lowest BCUT2D eigenvalue weighted by atomic mass is 9.81. The number of fused-ring (bicyclic) bond motifs is 1. The number of aliphatic carboxylic acids is 1. The largest absolute Gasteiger partial charge is 0.480 e. The van der Waals surface area contributed by atoms with E-state index in [9.17, 15) is 29.7 Å². The van der Waals surface area contributed by atoms with Gasteiger partial charge in [0.25, 0.3) is 0 Å². The van der Waals surface area contributed by atoms with E-state index in [2.05, 4.69) is 11.9 Å². The highest BCUT2D eigenvalue weighted by atomic mass is 16.6. The second-order valence-electron chi connectivity index (χ2n) is 9.56. The SMILES string of the molecule is C=C(CO)C(=O)O[C@H]1C/C(C)=C/CC/C(CO)=C/[C@H]2OC(=O)[C@@H](CN[C@H](Cc3ccccc3)C(=O)O)[C@H]12. The number of carbonyl (C=O) groups is 3. The number of carboxylic acid groups (broad SMARTS) is 1. The van der Waals surface area contributed by atoms with E-state index in [1.807, 2.05) is 43.3 Å². The number of rotatable bonds is 10.